The second-order valence-electron chi connectivity index (χ2n) is 17.2. The first kappa shape index (κ1) is 56.2. The number of ether oxygens (including phenoxy) is 2. The van der Waals surface area contributed by atoms with E-state index in [9.17, 15) is 9.59 Å². The Hall–Kier alpha value is -0.940. The van der Waals surface area contributed by atoms with E-state index in [1.54, 1.807) is 0 Å². The van der Waals surface area contributed by atoms with Crippen molar-refractivity contribution in [2.24, 2.45) is 17.8 Å². The minimum Gasteiger partial charge on any atom is -0.466 e. The van der Waals surface area contributed by atoms with Crippen LogP contribution in [0, 0.1) is 17.8 Å². The van der Waals surface area contributed by atoms with E-state index in [0.29, 0.717) is 13.0 Å². The summed E-state index contributed by atoms with van der Waals surface area (Å²) in [5.41, 5.74) is 0. The van der Waals surface area contributed by atoms with Crippen LogP contribution in [-0.4, -0.2) is 57.6 Å². The van der Waals surface area contributed by atoms with E-state index in [0.717, 1.165) is 69.3 Å². The number of carbonyl (C=O) groups excluding carboxylic acids is 2. The van der Waals surface area contributed by atoms with E-state index in [1.807, 2.05) is 7.11 Å². The van der Waals surface area contributed by atoms with Crippen molar-refractivity contribution in [3.05, 3.63) is 0 Å². The highest BCUT2D eigenvalue weighted by molar-refractivity contribution is 5.69. The van der Waals surface area contributed by atoms with Crippen LogP contribution in [0.2, 0.25) is 0 Å². The zero-order valence-electron chi connectivity index (χ0n) is 38.8. The monoisotopic (exact) mass is 780 g/mol. The Bertz CT molecular complexity index is 725. The summed E-state index contributed by atoms with van der Waals surface area (Å²) in [6.45, 7) is 15.3. The fourth-order valence-corrected chi connectivity index (χ4v) is 7.96. The zero-order chi connectivity index (χ0) is 40.9. The molecule has 5 nitrogen and oxygen atoms in total. The van der Waals surface area contributed by atoms with Crippen LogP contribution in [0.5, 0.6) is 0 Å². The lowest BCUT2D eigenvalue weighted by Crippen LogP contribution is -2.19. The first-order chi connectivity index (χ1) is 26.9. The van der Waals surface area contributed by atoms with Gasteiger partial charge in [0.25, 0.3) is 0 Å². The Morgan fingerprint density at radius 1 is 0.491 bits per heavy atom. The normalized spacial score (nSPS) is 12.0. The van der Waals surface area contributed by atoms with Crippen molar-refractivity contribution in [3.63, 3.8) is 0 Å². The molecular formula is C50H101NO4. The van der Waals surface area contributed by atoms with Crippen LogP contribution >= 0.6 is 0 Å². The van der Waals surface area contributed by atoms with Gasteiger partial charge in [-0.25, -0.2) is 0 Å². The van der Waals surface area contributed by atoms with Gasteiger partial charge in [0, 0.05) is 26.6 Å². The lowest BCUT2D eigenvalue weighted by Gasteiger charge is -2.19. The maximum absolute atomic E-state index is 12.3. The summed E-state index contributed by atoms with van der Waals surface area (Å²) in [6, 6.07) is 0. The molecular weight excluding hydrogens is 679 g/mol. The highest BCUT2D eigenvalue weighted by Crippen LogP contribution is 2.25. The molecule has 0 amide bonds. The van der Waals surface area contributed by atoms with E-state index in [-0.39, 0.29) is 5.97 Å². The van der Waals surface area contributed by atoms with Gasteiger partial charge in [-0.3, -0.25) is 4.79 Å². The molecule has 0 saturated carbocycles. The van der Waals surface area contributed by atoms with Crippen LogP contribution in [0.1, 0.15) is 253 Å². The molecule has 0 aromatic rings. The summed E-state index contributed by atoms with van der Waals surface area (Å²) < 4.78 is 10.8. The van der Waals surface area contributed by atoms with Gasteiger partial charge in [-0.1, -0.05) is 202 Å². The predicted molar refractivity (Wildman–Crippen MR) is 242 cm³/mol. The molecule has 0 heterocycles. The van der Waals surface area contributed by atoms with Crippen LogP contribution in [0.25, 0.3) is 0 Å². The number of rotatable bonds is 43. The number of esters is 1. The number of carbonyl (C=O) groups is 2. The lowest BCUT2D eigenvalue weighted by molar-refractivity contribution is -0.144. The molecule has 0 aromatic heterocycles. The van der Waals surface area contributed by atoms with Gasteiger partial charge in [0.15, 0.2) is 0 Å². The first-order valence-electron chi connectivity index (χ1n) is 24.7. The fourth-order valence-electron chi connectivity index (χ4n) is 7.96. The first-order valence-corrected chi connectivity index (χ1v) is 24.7. The molecule has 55 heavy (non-hydrogen) atoms. The van der Waals surface area contributed by atoms with Crippen molar-refractivity contribution < 1.29 is 19.1 Å². The standard InChI is InChI=1S/C36H71NO3.C14H30O/c1-5-8-17-24-35(25-18-9-6-2)30-33-40-36(39)29-21-15-12-14-20-27-34(28-23-31-37(4)7-3)26-19-13-10-11-16-22-32-38;1-4-6-8-10-14(12-13-15-3)11-9-7-5-2/h32,34-35H,5-31,33H2,1-4H3;14H,4-13H2,1-3H3. The van der Waals surface area contributed by atoms with Gasteiger partial charge in [-0.15, -0.1) is 0 Å². The summed E-state index contributed by atoms with van der Waals surface area (Å²) in [4.78, 5) is 25.1. The average molecular weight is 780 g/mol. The topological polar surface area (TPSA) is 55.8 Å². The summed E-state index contributed by atoms with van der Waals surface area (Å²) in [7, 11) is 4.04. The van der Waals surface area contributed by atoms with Gasteiger partial charge >= 0.3 is 5.97 Å². The predicted octanol–water partition coefficient (Wildman–Crippen LogP) is 15.5. The molecule has 0 fully saturated rings. The second-order valence-corrected chi connectivity index (χ2v) is 17.2. The molecule has 0 aliphatic heterocycles. The molecule has 0 N–H and O–H groups in total. The third kappa shape index (κ3) is 44.0. The second kappa shape index (κ2) is 47.4. The Kier molecular flexibility index (Phi) is 48.4. The van der Waals surface area contributed by atoms with Gasteiger partial charge in [0.2, 0.25) is 0 Å². The van der Waals surface area contributed by atoms with Crippen LogP contribution < -0.4 is 0 Å². The fraction of sp³-hybridized carbons (Fsp3) is 0.960. The van der Waals surface area contributed by atoms with Crippen molar-refractivity contribution in [3.8, 4) is 0 Å². The third-order valence-electron chi connectivity index (χ3n) is 12.0. The minimum atomic E-state index is 0.0177. The van der Waals surface area contributed by atoms with E-state index >= 15 is 0 Å². The van der Waals surface area contributed by atoms with Crippen LogP contribution in [0.4, 0.5) is 0 Å². The number of methoxy groups -OCH3 is 1. The number of unbranched alkanes of at least 4 members (excludes halogenated alkanes) is 17. The molecule has 0 spiro atoms. The molecule has 0 bridgehead atoms. The molecule has 330 valence electrons. The Balaban J connectivity index is 0. The van der Waals surface area contributed by atoms with Gasteiger partial charge in [0.05, 0.1) is 6.61 Å². The average Bonchev–Trinajstić information content (AvgIpc) is 3.19. The molecule has 0 aliphatic rings. The quantitative estimate of drug-likeness (QED) is 0.0350. The zero-order valence-corrected chi connectivity index (χ0v) is 38.8. The van der Waals surface area contributed by atoms with Crippen molar-refractivity contribution in [1.82, 2.24) is 4.90 Å². The van der Waals surface area contributed by atoms with Gasteiger partial charge in [-0.2, -0.15) is 0 Å². The Labute approximate surface area is 346 Å². The molecule has 0 radical (unpaired) electrons. The number of hydrogen-bond acceptors (Lipinski definition) is 5. The molecule has 1 unspecified atom stereocenters. The van der Waals surface area contributed by atoms with Gasteiger partial charge < -0.3 is 19.2 Å². The summed E-state index contributed by atoms with van der Waals surface area (Å²) in [5.74, 6) is 2.53. The SMILES string of the molecule is CCCCCC(CCCCC)CCOC.CCCCCC(CCCCC)CCOC(=O)CCCCCCCC(CCCCCCCC=O)CCCN(C)CC. The highest BCUT2D eigenvalue weighted by Gasteiger charge is 2.12. The maximum atomic E-state index is 12.3. The summed E-state index contributed by atoms with van der Waals surface area (Å²) in [5, 5.41) is 0. The molecule has 0 rings (SSSR count). The number of nitrogens with zero attached hydrogens (tertiary/aromatic N) is 1. The minimum absolute atomic E-state index is 0.0177. The molecule has 1 atom stereocenters. The largest absolute Gasteiger partial charge is 0.466 e. The van der Waals surface area contributed by atoms with Gasteiger partial charge in [0.1, 0.15) is 6.29 Å². The molecule has 0 aliphatic carbocycles. The number of hydrogen-bond donors (Lipinski definition) is 0. The van der Waals surface area contributed by atoms with Crippen molar-refractivity contribution >= 4 is 12.3 Å². The van der Waals surface area contributed by atoms with Crippen molar-refractivity contribution in [1.29, 1.82) is 0 Å². The molecule has 5 heteroatoms. The Morgan fingerprint density at radius 2 is 0.873 bits per heavy atom. The van der Waals surface area contributed by atoms with E-state index in [2.05, 4.69) is 46.6 Å². The van der Waals surface area contributed by atoms with Crippen LogP contribution in [0.15, 0.2) is 0 Å². The smallest absolute Gasteiger partial charge is 0.305 e. The maximum Gasteiger partial charge on any atom is 0.305 e. The molecule has 0 aromatic carbocycles. The van der Waals surface area contributed by atoms with E-state index < -0.39 is 0 Å². The van der Waals surface area contributed by atoms with Crippen LogP contribution in [-0.2, 0) is 19.1 Å². The molecule has 0 saturated heterocycles. The Morgan fingerprint density at radius 3 is 1.31 bits per heavy atom. The van der Waals surface area contributed by atoms with Crippen molar-refractivity contribution in [2.75, 3.05) is 40.5 Å². The third-order valence-corrected chi connectivity index (χ3v) is 12.0. The lowest BCUT2D eigenvalue weighted by atomic mass is 9.90. The summed E-state index contributed by atoms with van der Waals surface area (Å²) >= 11 is 0. The van der Waals surface area contributed by atoms with E-state index in [1.165, 1.54) is 186 Å². The van der Waals surface area contributed by atoms with Gasteiger partial charge in [-0.05, 0) is 76.4 Å². The van der Waals surface area contributed by atoms with Crippen molar-refractivity contribution in [2.45, 2.75) is 253 Å². The highest BCUT2D eigenvalue weighted by atomic mass is 16.5. The summed E-state index contributed by atoms with van der Waals surface area (Å²) in [6.07, 6.45) is 43.9. The van der Waals surface area contributed by atoms with E-state index in [4.69, 9.17) is 9.47 Å². The van der Waals surface area contributed by atoms with Crippen LogP contribution in [0.3, 0.4) is 0 Å². The number of aldehydes is 1.